The molecule has 146 valence electrons. The van der Waals surface area contributed by atoms with Gasteiger partial charge in [-0.25, -0.2) is 0 Å². The summed E-state index contributed by atoms with van der Waals surface area (Å²) < 4.78 is 0. The highest BCUT2D eigenvalue weighted by Crippen LogP contribution is 2.19. The molecule has 1 aliphatic rings. The van der Waals surface area contributed by atoms with Gasteiger partial charge in [0.25, 0.3) is 0 Å². The van der Waals surface area contributed by atoms with Crippen LogP contribution in [0.25, 0.3) is 0 Å². The zero-order valence-corrected chi connectivity index (χ0v) is 16.7. The van der Waals surface area contributed by atoms with E-state index in [9.17, 15) is 4.79 Å². The van der Waals surface area contributed by atoms with Crippen molar-refractivity contribution in [3.8, 4) is 0 Å². The zero-order valence-electron chi connectivity index (χ0n) is 15.9. The third-order valence-electron chi connectivity index (χ3n) is 4.87. The molecule has 0 unspecified atom stereocenters. The number of nitrogens with zero attached hydrogens (tertiary/aromatic N) is 2. The minimum absolute atomic E-state index is 0. The van der Waals surface area contributed by atoms with E-state index in [-0.39, 0.29) is 18.3 Å². The van der Waals surface area contributed by atoms with E-state index in [1.54, 1.807) is 0 Å². The minimum Gasteiger partial charge on any atom is -0.399 e. The first-order valence-corrected chi connectivity index (χ1v) is 9.28. The van der Waals surface area contributed by atoms with Crippen molar-refractivity contribution in [3.05, 3.63) is 54.1 Å². The van der Waals surface area contributed by atoms with Crippen LogP contribution >= 0.6 is 12.4 Å². The molecule has 2 aromatic rings. The number of rotatable bonds is 6. The Hall–Kier alpha value is -2.24. The molecule has 2 aromatic carbocycles. The van der Waals surface area contributed by atoms with Crippen molar-refractivity contribution in [2.75, 3.05) is 49.2 Å². The quantitative estimate of drug-likeness (QED) is 0.744. The van der Waals surface area contributed by atoms with Crippen LogP contribution in [0.3, 0.4) is 0 Å². The number of nitrogen functional groups attached to an aromatic ring is 1. The van der Waals surface area contributed by atoms with Crippen LogP contribution in [0.5, 0.6) is 0 Å². The Bertz CT molecular complexity index is 710. The van der Waals surface area contributed by atoms with Gasteiger partial charge < -0.3 is 20.9 Å². The van der Waals surface area contributed by atoms with Crippen molar-refractivity contribution in [2.24, 2.45) is 0 Å². The van der Waals surface area contributed by atoms with Gasteiger partial charge in [0.05, 0.1) is 0 Å². The van der Waals surface area contributed by atoms with E-state index in [2.05, 4.69) is 34.3 Å². The van der Waals surface area contributed by atoms with Crippen LogP contribution in [-0.4, -0.2) is 44.0 Å². The highest BCUT2D eigenvalue weighted by atomic mass is 35.5. The Labute approximate surface area is 167 Å². The average Bonchev–Trinajstić information content (AvgIpc) is 2.65. The molecule has 0 spiro atoms. The lowest BCUT2D eigenvalue weighted by Gasteiger charge is -2.34. The number of aryl methyl sites for hydroxylation is 1. The summed E-state index contributed by atoms with van der Waals surface area (Å²) in [6.07, 6.45) is 2.23. The molecule has 1 fully saturated rings. The monoisotopic (exact) mass is 388 g/mol. The predicted molar refractivity (Wildman–Crippen MR) is 116 cm³/mol. The third kappa shape index (κ3) is 6.45. The number of nitrogens with one attached hydrogen (secondary N) is 1. The van der Waals surface area contributed by atoms with Crippen LogP contribution in [0.1, 0.15) is 18.4 Å². The molecule has 0 aromatic heterocycles. The first kappa shape index (κ1) is 21.1. The van der Waals surface area contributed by atoms with Crippen molar-refractivity contribution >= 4 is 35.4 Å². The Balaban J connectivity index is 0.00000261. The number of halogens is 1. The molecule has 6 heteroatoms. The van der Waals surface area contributed by atoms with Crippen molar-refractivity contribution in [1.82, 2.24) is 4.90 Å². The second-order valence-electron chi connectivity index (χ2n) is 6.98. The van der Waals surface area contributed by atoms with E-state index in [0.29, 0.717) is 6.42 Å². The van der Waals surface area contributed by atoms with Gasteiger partial charge in [-0.2, -0.15) is 0 Å². The molecule has 3 rings (SSSR count). The lowest BCUT2D eigenvalue weighted by Crippen LogP contribution is -2.44. The van der Waals surface area contributed by atoms with Crippen LogP contribution < -0.4 is 16.0 Å². The van der Waals surface area contributed by atoms with Crippen molar-refractivity contribution in [1.29, 1.82) is 0 Å². The molecule has 1 saturated heterocycles. The van der Waals surface area contributed by atoms with Gasteiger partial charge in [0.15, 0.2) is 0 Å². The summed E-state index contributed by atoms with van der Waals surface area (Å²) in [6, 6.07) is 16.0. The summed E-state index contributed by atoms with van der Waals surface area (Å²) in [5, 5.41) is 2.99. The standard InChI is InChI=1S/C21H28N4O.ClH/c1-24-13-15-25(16-14-24)20-11-9-19(10-12-20)23-21(26)4-2-3-17-5-7-18(22)8-6-17;/h5-12H,2-4,13-16,22H2,1H3,(H,23,26);1H. The van der Waals surface area contributed by atoms with E-state index in [1.807, 2.05) is 36.4 Å². The number of piperazine rings is 1. The molecular formula is C21H29ClN4O. The zero-order chi connectivity index (χ0) is 18.4. The number of hydrogen-bond donors (Lipinski definition) is 2. The second-order valence-corrected chi connectivity index (χ2v) is 6.98. The van der Waals surface area contributed by atoms with Gasteiger partial charge in [-0.3, -0.25) is 4.79 Å². The minimum atomic E-state index is 0. The Morgan fingerprint density at radius 2 is 1.63 bits per heavy atom. The molecule has 0 bridgehead atoms. The summed E-state index contributed by atoms with van der Waals surface area (Å²) in [6.45, 7) is 4.28. The van der Waals surface area contributed by atoms with Crippen LogP contribution in [0.15, 0.2) is 48.5 Å². The number of anilines is 3. The molecule has 1 amide bonds. The largest absolute Gasteiger partial charge is 0.399 e. The maximum atomic E-state index is 12.1. The average molecular weight is 389 g/mol. The fourth-order valence-electron chi connectivity index (χ4n) is 3.18. The van der Waals surface area contributed by atoms with E-state index < -0.39 is 0 Å². The van der Waals surface area contributed by atoms with Gasteiger partial charge in [0, 0.05) is 49.7 Å². The van der Waals surface area contributed by atoms with Crippen molar-refractivity contribution in [2.45, 2.75) is 19.3 Å². The van der Waals surface area contributed by atoms with Crippen LogP contribution in [0, 0.1) is 0 Å². The molecule has 0 aliphatic carbocycles. The fraction of sp³-hybridized carbons (Fsp3) is 0.381. The number of benzene rings is 2. The van der Waals surface area contributed by atoms with Crippen LogP contribution in [0.2, 0.25) is 0 Å². The van der Waals surface area contributed by atoms with Crippen molar-refractivity contribution in [3.63, 3.8) is 0 Å². The first-order valence-electron chi connectivity index (χ1n) is 9.28. The third-order valence-corrected chi connectivity index (χ3v) is 4.87. The van der Waals surface area contributed by atoms with E-state index in [4.69, 9.17) is 5.73 Å². The molecule has 0 radical (unpaired) electrons. The molecule has 1 aliphatic heterocycles. The lowest BCUT2D eigenvalue weighted by atomic mass is 10.1. The summed E-state index contributed by atoms with van der Waals surface area (Å²) in [5.74, 6) is 0.0628. The number of nitrogens with two attached hydrogens (primary N) is 1. The molecule has 5 nitrogen and oxygen atoms in total. The number of carbonyl (C=O) groups excluding carboxylic acids is 1. The normalized spacial score (nSPS) is 14.5. The molecule has 27 heavy (non-hydrogen) atoms. The van der Waals surface area contributed by atoms with Gasteiger partial charge in [-0.05, 0) is 61.9 Å². The predicted octanol–water partition coefficient (Wildman–Crippen LogP) is 3.40. The van der Waals surface area contributed by atoms with Crippen LogP contribution in [0.4, 0.5) is 17.1 Å². The molecule has 0 atom stereocenters. The summed E-state index contributed by atoms with van der Waals surface area (Å²) >= 11 is 0. The number of carbonyl (C=O) groups is 1. The smallest absolute Gasteiger partial charge is 0.224 e. The van der Waals surface area contributed by atoms with Gasteiger partial charge in [-0.1, -0.05) is 12.1 Å². The van der Waals surface area contributed by atoms with Gasteiger partial charge in [-0.15, -0.1) is 12.4 Å². The first-order chi connectivity index (χ1) is 12.6. The van der Waals surface area contributed by atoms with Crippen molar-refractivity contribution < 1.29 is 4.79 Å². The van der Waals surface area contributed by atoms with E-state index in [0.717, 1.165) is 50.4 Å². The lowest BCUT2D eigenvalue weighted by molar-refractivity contribution is -0.116. The SMILES string of the molecule is CN1CCN(c2ccc(NC(=O)CCCc3ccc(N)cc3)cc2)CC1.Cl. The summed E-state index contributed by atoms with van der Waals surface area (Å²) in [5.41, 5.74) is 9.75. The Morgan fingerprint density at radius 1 is 1.00 bits per heavy atom. The number of amides is 1. The van der Waals surface area contributed by atoms with Gasteiger partial charge >= 0.3 is 0 Å². The maximum Gasteiger partial charge on any atom is 0.224 e. The Kier molecular flexibility index (Phi) is 7.95. The van der Waals surface area contributed by atoms with E-state index in [1.165, 1.54) is 11.3 Å². The molecule has 0 saturated carbocycles. The molecular weight excluding hydrogens is 360 g/mol. The molecule has 3 N–H and O–H groups in total. The maximum absolute atomic E-state index is 12.1. The second kappa shape index (κ2) is 10.2. The highest BCUT2D eigenvalue weighted by Gasteiger charge is 2.14. The molecule has 1 heterocycles. The number of likely N-dealkylation sites (N-methyl/N-ethyl adjacent to an activating group) is 1. The topological polar surface area (TPSA) is 61.6 Å². The van der Waals surface area contributed by atoms with Gasteiger partial charge in [0.2, 0.25) is 5.91 Å². The number of hydrogen-bond acceptors (Lipinski definition) is 4. The highest BCUT2D eigenvalue weighted by molar-refractivity contribution is 5.90. The van der Waals surface area contributed by atoms with Crippen LogP contribution in [-0.2, 0) is 11.2 Å². The summed E-state index contributed by atoms with van der Waals surface area (Å²) in [7, 11) is 2.16. The van der Waals surface area contributed by atoms with Gasteiger partial charge in [0.1, 0.15) is 0 Å². The summed E-state index contributed by atoms with van der Waals surface area (Å²) in [4.78, 5) is 16.9. The fourth-order valence-corrected chi connectivity index (χ4v) is 3.18. The Morgan fingerprint density at radius 3 is 2.26 bits per heavy atom. The van der Waals surface area contributed by atoms with E-state index >= 15 is 0 Å².